The van der Waals surface area contributed by atoms with Gasteiger partial charge in [-0.25, -0.2) is 0 Å². The molecular weight excluding hydrogens is 136 g/mol. The van der Waals surface area contributed by atoms with Gasteiger partial charge in [0, 0.05) is 13.2 Å². The van der Waals surface area contributed by atoms with Gasteiger partial charge < -0.3 is 4.90 Å². The van der Waals surface area contributed by atoms with Gasteiger partial charge in [-0.05, 0) is 6.08 Å². The zero-order valence-electron chi connectivity index (χ0n) is 5.34. The number of amidine groups is 1. The number of alkyl halides is 1. The summed E-state index contributed by atoms with van der Waals surface area (Å²) in [5.41, 5.74) is 0. The van der Waals surface area contributed by atoms with Gasteiger partial charge in [0.15, 0.2) is 0 Å². The molecule has 0 atom stereocenters. The van der Waals surface area contributed by atoms with Crippen LogP contribution >= 0.6 is 11.6 Å². The molecule has 0 N–H and O–H groups in total. The number of aliphatic imine (C=N–C) groups is 1. The summed E-state index contributed by atoms with van der Waals surface area (Å²) in [5, 5.41) is 0. The summed E-state index contributed by atoms with van der Waals surface area (Å²) in [5.74, 6) is 1.44. The van der Waals surface area contributed by atoms with Crippen LogP contribution in [0.5, 0.6) is 0 Å². The Morgan fingerprint density at radius 1 is 1.89 bits per heavy atom. The number of hydrogen-bond acceptors (Lipinski definition) is 2. The molecule has 0 spiro atoms. The van der Waals surface area contributed by atoms with Crippen LogP contribution < -0.4 is 0 Å². The molecule has 0 amide bonds. The van der Waals surface area contributed by atoms with E-state index in [1.165, 1.54) is 0 Å². The fraction of sp³-hybridized carbons (Fsp3) is 0.500. The average Bonchev–Trinajstić information content (AvgIpc) is 1.89. The first kappa shape index (κ1) is 6.62. The molecular formula is C6H9ClN2. The maximum absolute atomic E-state index is 5.57. The molecule has 3 heteroatoms. The summed E-state index contributed by atoms with van der Waals surface area (Å²) in [6.45, 7) is 0.770. The van der Waals surface area contributed by atoms with Gasteiger partial charge in [0.2, 0.25) is 0 Å². The fourth-order valence-corrected chi connectivity index (χ4v) is 0.970. The molecule has 0 aliphatic carbocycles. The summed E-state index contributed by atoms with van der Waals surface area (Å²) in [4.78, 5) is 6.08. The zero-order valence-corrected chi connectivity index (χ0v) is 6.10. The molecule has 2 nitrogen and oxygen atoms in total. The molecule has 1 aliphatic rings. The van der Waals surface area contributed by atoms with Crippen LogP contribution in [0.1, 0.15) is 0 Å². The van der Waals surface area contributed by atoms with E-state index in [1.807, 2.05) is 24.2 Å². The Hall–Kier alpha value is -0.500. The highest BCUT2D eigenvalue weighted by Gasteiger charge is 2.02. The van der Waals surface area contributed by atoms with Gasteiger partial charge >= 0.3 is 0 Å². The molecule has 0 fully saturated rings. The van der Waals surface area contributed by atoms with Crippen LogP contribution in [0.4, 0.5) is 0 Å². The van der Waals surface area contributed by atoms with E-state index in [0.717, 1.165) is 12.4 Å². The van der Waals surface area contributed by atoms with Crippen molar-refractivity contribution in [3.05, 3.63) is 12.3 Å². The largest absolute Gasteiger partial charge is 0.339 e. The Balaban J connectivity index is 2.59. The second-order valence-corrected chi connectivity index (χ2v) is 2.15. The lowest BCUT2D eigenvalue weighted by atomic mass is 10.4. The Kier molecular flexibility index (Phi) is 2.11. The summed E-state index contributed by atoms with van der Waals surface area (Å²) in [7, 11) is 1.94. The van der Waals surface area contributed by atoms with Crippen LogP contribution in [0.3, 0.4) is 0 Å². The predicted octanol–water partition coefficient (Wildman–Crippen LogP) is 1.08. The van der Waals surface area contributed by atoms with E-state index in [2.05, 4.69) is 4.99 Å². The minimum absolute atomic E-state index is 0.501. The monoisotopic (exact) mass is 144 g/mol. The molecule has 1 aliphatic heterocycles. The van der Waals surface area contributed by atoms with Gasteiger partial charge in [0.1, 0.15) is 5.84 Å². The Morgan fingerprint density at radius 3 is 3.11 bits per heavy atom. The molecule has 1 heterocycles. The molecule has 9 heavy (non-hydrogen) atoms. The van der Waals surface area contributed by atoms with Crippen LogP contribution in [0.2, 0.25) is 0 Å². The number of rotatable bonds is 1. The van der Waals surface area contributed by atoms with Crippen molar-refractivity contribution in [1.29, 1.82) is 0 Å². The lowest BCUT2D eigenvalue weighted by Crippen LogP contribution is -2.25. The van der Waals surface area contributed by atoms with Gasteiger partial charge in [0.05, 0.1) is 12.4 Å². The summed E-state index contributed by atoms with van der Waals surface area (Å²) >= 11 is 5.57. The molecule has 0 unspecified atom stereocenters. The minimum atomic E-state index is 0.501. The van der Waals surface area contributed by atoms with Crippen molar-refractivity contribution in [1.82, 2.24) is 4.90 Å². The van der Waals surface area contributed by atoms with Gasteiger partial charge in [-0.1, -0.05) is 0 Å². The van der Waals surface area contributed by atoms with Gasteiger partial charge in [0.25, 0.3) is 0 Å². The maximum atomic E-state index is 5.57. The third kappa shape index (κ3) is 1.45. The summed E-state index contributed by atoms with van der Waals surface area (Å²) in [6, 6.07) is 0. The highest BCUT2D eigenvalue weighted by atomic mass is 35.5. The van der Waals surface area contributed by atoms with E-state index in [-0.39, 0.29) is 0 Å². The Morgan fingerprint density at radius 2 is 2.67 bits per heavy atom. The molecule has 0 saturated heterocycles. The molecule has 0 saturated carbocycles. The zero-order chi connectivity index (χ0) is 6.69. The van der Waals surface area contributed by atoms with Crippen LogP contribution in [-0.2, 0) is 0 Å². The van der Waals surface area contributed by atoms with Crippen LogP contribution in [0.15, 0.2) is 17.3 Å². The third-order valence-corrected chi connectivity index (χ3v) is 1.47. The molecule has 0 bridgehead atoms. The quantitative estimate of drug-likeness (QED) is 0.503. The second-order valence-electron chi connectivity index (χ2n) is 1.89. The third-order valence-electron chi connectivity index (χ3n) is 1.23. The summed E-state index contributed by atoms with van der Waals surface area (Å²) in [6.07, 6.45) is 3.97. The minimum Gasteiger partial charge on any atom is -0.339 e. The first-order valence-corrected chi connectivity index (χ1v) is 3.37. The highest BCUT2D eigenvalue weighted by Crippen LogP contribution is 1.98. The lowest BCUT2D eigenvalue weighted by Gasteiger charge is -2.17. The standard InChI is InChI=1S/C6H9ClN2/c1-9-4-2-3-8-6(9)5-7/h2,4H,3,5H2,1H3. The number of nitrogens with zero attached hydrogens (tertiary/aromatic N) is 2. The van der Waals surface area contributed by atoms with E-state index >= 15 is 0 Å². The van der Waals surface area contributed by atoms with E-state index in [1.54, 1.807) is 0 Å². The van der Waals surface area contributed by atoms with E-state index in [4.69, 9.17) is 11.6 Å². The van der Waals surface area contributed by atoms with Crippen molar-refractivity contribution < 1.29 is 0 Å². The fourth-order valence-electron chi connectivity index (χ4n) is 0.697. The van der Waals surface area contributed by atoms with Gasteiger partial charge in [-0.2, -0.15) is 0 Å². The van der Waals surface area contributed by atoms with Gasteiger partial charge in [-0.3, -0.25) is 4.99 Å². The van der Waals surface area contributed by atoms with Crippen LogP contribution in [0.25, 0.3) is 0 Å². The summed E-state index contributed by atoms with van der Waals surface area (Å²) < 4.78 is 0. The lowest BCUT2D eigenvalue weighted by molar-refractivity contribution is 0.665. The Labute approximate surface area is 59.8 Å². The molecule has 0 aromatic heterocycles. The molecule has 0 radical (unpaired) electrons. The smallest absolute Gasteiger partial charge is 0.118 e. The number of halogens is 1. The van der Waals surface area contributed by atoms with Crippen molar-refractivity contribution in [2.75, 3.05) is 19.5 Å². The molecule has 0 aromatic carbocycles. The first-order chi connectivity index (χ1) is 4.34. The first-order valence-electron chi connectivity index (χ1n) is 2.83. The van der Waals surface area contributed by atoms with Crippen molar-refractivity contribution >= 4 is 17.4 Å². The second kappa shape index (κ2) is 2.87. The van der Waals surface area contributed by atoms with E-state index in [0.29, 0.717) is 5.88 Å². The molecule has 50 valence electrons. The topological polar surface area (TPSA) is 15.6 Å². The van der Waals surface area contributed by atoms with E-state index in [9.17, 15) is 0 Å². The molecule has 0 aromatic rings. The van der Waals surface area contributed by atoms with Crippen molar-refractivity contribution in [3.63, 3.8) is 0 Å². The van der Waals surface area contributed by atoms with Crippen LogP contribution in [0, 0.1) is 0 Å². The Bertz CT molecular complexity index is 151. The van der Waals surface area contributed by atoms with Crippen molar-refractivity contribution in [2.45, 2.75) is 0 Å². The van der Waals surface area contributed by atoms with Crippen molar-refractivity contribution in [3.8, 4) is 0 Å². The predicted molar refractivity (Wildman–Crippen MR) is 39.9 cm³/mol. The average molecular weight is 145 g/mol. The van der Waals surface area contributed by atoms with Crippen molar-refractivity contribution in [2.24, 2.45) is 4.99 Å². The highest BCUT2D eigenvalue weighted by molar-refractivity contribution is 6.28. The maximum Gasteiger partial charge on any atom is 0.118 e. The van der Waals surface area contributed by atoms with Crippen LogP contribution in [-0.4, -0.2) is 30.2 Å². The van der Waals surface area contributed by atoms with E-state index < -0.39 is 0 Å². The van der Waals surface area contributed by atoms with Gasteiger partial charge in [-0.15, -0.1) is 11.6 Å². The number of hydrogen-bond donors (Lipinski definition) is 0. The SMILES string of the molecule is CN1C=CCN=C1CCl. The normalized spacial score (nSPS) is 18.0. The molecule has 1 rings (SSSR count).